The van der Waals surface area contributed by atoms with Gasteiger partial charge in [-0.2, -0.15) is 0 Å². The third-order valence-electron chi connectivity index (χ3n) is 3.68. The van der Waals surface area contributed by atoms with Gasteiger partial charge in [0.15, 0.2) is 0 Å². The van der Waals surface area contributed by atoms with Gasteiger partial charge in [0.1, 0.15) is 0 Å². The van der Waals surface area contributed by atoms with Gasteiger partial charge in [0.05, 0.1) is 0 Å². The molecular weight excluding hydrogens is 274 g/mol. The third kappa shape index (κ3) is 4.81. The maximum absolute atomic E-state index is 3.53. The molecule has 1 nitrogen and oxygen atoms in total. The topological polar surface area (TPSA) is 12.0 Å². The number of benzene rings is 1. The molecule has 2 rings (SSSR count). The predicted octanol–water partition coefficient (Wildman–Crippen LogP) is 4.51. The largest absolute Gasteiger partial charge is 0.313 e. The van der Waals surface area contributed by atoms with E-state index in [-0.39, 0.29) is 0 Å². The van der Waals surface area contributed by atoms with Crippen molar-refractivity contribution in [2.24, 2.45) is 5.92 Å². The molecule has 0 bridgehead atoms. The molecule has 0 atom stereocenters. The van der Waals surface area contributed by atoms with Crippen LogP contribution in [0.2, 0.25) is 0 Å². The van der Waals surface area contributed by atoms with E-state index in [1.807, 2.05) is 0 Å². The Morgan fingerprint density at radius 1 is 1.12 bits per heavy atom. The first-order chi connectivity index (χ1) is 8.34. The molecule has 1 saturated carbocycles. The molecule has 0 heterocycles. The Labute approximate surface area is 113 Å². The Morgan fingerprint density at radius 2 is 1.82 bits per heavy atom. The zero-order valence-electron chi connectivity index (χ0n) is 10.4. The van der Waals surface area contributed by atoms with Gasteiger partial charge in [0.2, 0.25) is 0 Å². The van der Waals surface area contributed by atoms with Crippen LogP contribution in [0.25, 0.3) is 0 Å². The van der Waals surface area contributed by atoms with Crippen molar-refractivity contribution in [3.8, 4) is 0 Å². The standard InChI is InChI=1S/C15H22BrN/c16-15-9-7-14(8-10-15)12-17-11-3-6-13-4-1-2-5-13/h7-10,13,17H,1-6,11-12H2. The summed E-state index contributed by atoms with van der Waals surface area (Å²) < 4.78 is 1.16. The summed E-state index contributed by atoms with van der Waals surface area (Å²) >= 11 is 3.46. The summed E-state index contributed by atoms with van der Waals surface area (Å²) in [6.07, 6.45) is 8.65. The van der Waals surface area contributed by atoms with Gasteiger partial charge in [-0.05, 0) is 43.0 Å². The highest BCUT2D eigenvalue weighted by molar-refractivity contribution is 9.10. The minimum atomic E-state index is 0.998. The fourth-order valence-electron chi connectivity index (χ4n) is 2.65. The van der Waals surface area contributed by atoms with Crippen LogP contribution in [0.5, 0.6) is 0 Å². The first-order valence-electron chi connectivity index (χ1n) is 6.80. The zero-order chi connectivity index (χ0) is 11.9. The molecule has 0 spiro atoms. The SMILES string of the molecule is Brc1ccc(CNCCCC2CCCC2)cc1. The molecule has 94 valence electrons. The Morgan fingerprint density at radius 3 is 2.53 bits per heavy atom. The molecule has 1 aromatic rings. The van der Waals surface area contributed by atoms with Crippen LogP contribution in [0, 0.1) is 5.92 Å². The van der Waals surface area contributed by atoms with E-state index in [1.165, 1.54) is 44.1 Å². The Bertz CT molecular complexity index is 314. The molecule has 1 N–H and O–H groups in total. The van der Waals surface area contributed by atoms with E-state index in [1.54, 1.807) is 0 Å². The lowest BCUT2D eigenvalue weighted by Crippen LogP contribution is -2.15. The van der Waals surface area contributed by atoms with Gasteiger partial charge in [-0.1, -0.05) is 53.7 Å². The average Bonchev–Trinajstić information content (AvgIpc) is 2.84. The Balaban J connectivity index is 1.55. The maximum atomic E-state index is 3.53. The molecule has 1 aromatic carbocycles. The number of hydrogen-bond donors (Lipinski definition) is 1. The van der Waals surface area contributed by atoms with Gasteiger partial charge in [-0.3, -0.25) is 0 Å². The van der Waals surface area contributed by atoms with Crippen LogP contribution in [0.4, 0.5) is 0 Å². The molecule has 17 heavy (non-hydrogen) atoms. The normalized spacial score (nSPS) is 16.5. The van der Waals surface area contributed by atoms with Crippen LogP contribution in [0.1, 0.15) is 44.1 Å². The minimum Gasteiger partial charge on any atom is -0.313 e. The van der Waals surface area contributed by atoms with Crippen molar-refractivity contribution in [3.63, 3.8) is 0 Å². The second-order valence-corrected chi connectivity index (χ2v) is 6.01. The van der Waals surface area contributed by atoms with E-state index in [2.05, 4.69) is 45.5 Å². The number of halogens is 1. The van der Waals surface area contributed by atoms with Gasteiger partial charge in [0, 0.05) is 11.0 Å². The summed E-state index contributed by atoms with van der Waals surface area (Å²) in [7, 11) is 0. The van der Waals surface area contributed by atoms with Crippen LogP contribution in [-0.4, -0.2) is 6.54 Å². The van der Waals surface area contributed by atoms with Gasteiger partial charge in [-0.15, -0.1) is 0 Å². The molecule has 0 amide bonds. The second-order valence-electron chi connectivity index (χ2n) is 5.10. The first kappa shape index (κ1) is 13.1. The Kier molecular flexibility index (Phi) is 5.53. The zero-order valence-corrected chi connectivity index (χ0v) is 12.0. The first-order valence-corrected chi connectivity index (χ1v) is 7.59. The van der Waals surface area contributed by atoms with E-state index in [0.717, 1.165) is 23.5 Å². The third-order valence-corrected chi connectivity index (χ3v) is 4.21. The van der Waals surface area contributed by atoms with Gasteiger partial charge < -0.3 is 5.32 Å². The van der Waals surface area contributed by atoms with Crippen molar-refractivity contribution in [2.45, 2.75) is 45.1 Å². The van der Waals surface area contributed by atoms with Crippen molar-refractivity contribution in [2.75, 3.05) is 6.54 Å². The van der Waals surface area contributed by atoms with Crippen molar-refractivity contribution in [1.82, 2.24) is 5.32 Å². The second kappa shape index (κ2) is 7.17. The van der Waals surface area contributed by atoms with Crippen LogP contribution in [-0.2, 0) is 6.54 Å². The molecule has 1 fully saturated rings. The van der Waals surface area contributed by atoms with Crippen LogP contribution >= 0.6 is 15.9 Å². The van der Waals surface area contributed by atoms with Crippen LogP contribution < -0.4 is 5.32 Å². The summed E-state index contributed by atoms with van der Waals surface area (Å²) in [5.41, 5.74) is 1.37. The van der Waals surface area contributed by atoms with Crippen molar-refractivity contribution >= 4 is 15.9 Å². The number of hydrogen-bond acceptors (Lipinski definition) is 1. The van der Waals surface area contributed by atoms with Crippen LogP contribution in [0.15, 0.2) is 28.7 Å². The van der Waals surface area contributed by atoms with Crippen molar-refractivity contribution < 1.29 is 0 Å². The van der Waals surface area contributed by atoms with E-state index in [4.69, 9.17) is 0 Å². The molecular formula is C15H22BrN. The molecule has 1 aliphatic rings. The van der Waals surface area contributed by atoms with Crippen molar-refractivity contribution in [3.05, 3.63) is 34.3 Å². The van der Waals surface area contributed by atoms with E-state index in [0.29, 0.717) is 0 Å². The lowest BCUT2D eigenvalue weighted by molar-refractivity contribution is 0.470. The lowest BCUT2D eigenvalue weighted by Gasteiger charge is -2.09. The highest BCUT2D eigenvalue weighted by atomic mass is 79.9. The van der Waals surface area contributed by atoms with Gasteiger partial charge in [0.25, 0.3) is 0 Å². The number of nitrogens with one attached hydrogen (secondary N) is 1. The lowest BCUT2D eigenvalue weighted by atomic mass is 10.0. The average molecular weight is 296 g/mol. The molecule has 0 aromatic heterocycles. The summed E-state index contributed by atoms with van der Waals surface area (Å²) in [6.45, 7) is 2.16. The fourth-order valence-corrected chi connectivity index (χ4v) is 2.91. The highest BCUT2D eigenvalue weighted by Gasteiger charge is 2.13. The fraction of sp³-hybridized carbons (Fsp3) is 0.600. The smallest absolute Gasteiger partial charge is 0.0205 e. The highest BCUT2D eigenvalue weighted by Crippen LogP contribution is 2.28. The van der Waals surface area contributed by atoms with E-state index in [9.17, 15) is 0 Å². The molecule has 0 unspecified atom stereocenters. The van der Waals surface area contributed by atoms with Gasteiger partial charge in [-0.25, -0.2) is 0 Å². The summed E-state index contributed by atoms with van der Waals surface area (Å²) in [4.78, 5) is 0. The predicted molar refractivity (Wildman–Crippen MR) is 77.0 cm³/mol. The quantitative estimate of drug-likeness (QED) is 0.762. The summed E-state index contributed by atoms with van der Waals surface area (Å²) in [5.74, 6) is 1.03. The van der Waals surface area contributed by atoms with E-state index < -0.39 is 0 Å². The summed E-state index contributed by atoms with van der Waals surface area (Å²) in [5, 5.41) is 3.53. The monoisotopic (exact) mass is 295 g/mol. The molecule has 1 aliphatic carbocycles. The Hall–Kier alpha value is -0.340. The molecule has 2 heteroatoms. The summed E-state index contributed by atoms with van der Waals surface area (Å²) in [6, 6.07) is 8.56. The molecule has 0 aliphatic heterocycles. The van der Waals surface area contributed by atoms with Crippen LogP contribution in [0.3, 0.4) is 0 Å². The number of rotatable bonds is 6. The van der Waals surface area contributed by atoms with E-state index >= 15 is 0 Å². The molecule has 0 saturated heterocycles. The van der Waals surface area contributed by atoms with Crippen molar-refractivity contribution in [1.29, 1.82) is 0 Å². The van der Waals surface area contributed by atoms with Gasteiger partial charge >= 0.3 is 0 Å². The maximum Gasteiger partial charge on any atom is 0.0205 e. The minimum absolute atomic E-state index is 0.998. The molecule has 0 radical (unpaired) electrons.